The highest BCUT2D eigenvalue weighted by Gasteiger charge is 2.22. The van der Waals surface area contributed by atoms with E-state index < -0.39 is 21.4 Å². The van der Waals surface area contributed by atoms with Gasteiger partial charge in [-0.3, -0.25) is 0 Å². The third kappa shape index (κ3) is 4.27. The summed E-state index contributed by atoms with van der Waals surface area (Å²) in [6.45, 7) is 2.45. The van der Waals surface area contributed by atoms with E-state index in [4.69, 9.17) is 5.26 Å². The highest BCUT2D eigenvalue weighted by molar-refractivity contribution is 7.89. The summed E-state index contributed by atoms with van der Waals surface area (Å²) in [6.07, 6.45) is 0.615. The van der Waals surface area contributed by atoms with Gasteiger partial charge in [0.15, 0.2) is 0 Å². The van der Waals surface area contributed by atoms with Gasteiger partial charge in [0.1, 0.15) is 22.3 Å². The van der Waals surface area contributed by atoms with E-state index in [9.17, 15) is 12.8 Å². The van der Waals surface area contributed by atoms with Crippen molar-refractivity contribution in [3.8, 4) is 6.07 Å². The molecule has 5 nitrogen and oxygen atoms in total. The van der Waals surface area contributed by atoms with Gasteiger partial charge in [-0.15, -0.1) is 0 Å². The largest absolute Gasteiger partial charge is 0.309 e. The number of hydrogen-bond donors (Lipinski definition) is 1. The van der Waals surface area contributed by atoms with Crippen LogP contribution >= 0.6 is 0 Å². The van der Waals surface area contributed by atoms with Crippen LogP contribution in [0, 0.1) is 17.1 Å². The Hall–Kier alpha value is -1.49. The molecule has 1 aromatic carbocycles. The van der Waals surface area contributed by atoms with Crippen LogP contribution in [0.1, 0.15) is 18.9 Å². The molecule has 1 N–H and O–H groups in total. The average Bonchev–Trinajstić information content (AvgIpc) is 2.35. The summed E-state index contributed by atoms with van der Waals surface area (Å²) in [6, 6.07) is 4.84. The van der Waals surface area contributed by atoms with Gasteiger partial charge in [0.2, 0.25) is 10.0 Å². The minimum absolute atomic E-state index is 0.308. The quantitative estimate of drug-likeness (QED) is 0.859. The SMILES string of the molecule is CC(CCN(C)C)NS(=O)(=O)c1cccc(F)c1C#N. The zero-order valence-electron chi connectivity index (χ0n) is 11.7. The van der Waals surface area contributed by atoms with Gasteiger partial charge in [-0.2, -0.15) is 5.26 Å². The fourth-order valence-corrected chi connectivity index (χ4v) is 3.12. The van der Waals surface area contributed by atoms with E-state index in [1.165, 1.54) is 12.1 Å². The Balaban J connectivity index is 2.96. The standard InChI is InChI=1S/C13H18FN3O2S/c1-10(7-8-17(2)3)16-20(18,19)13-6-4-5-12(14)11(13)9-15/h4-6,10,16H,7-8H2,1-3H3. The van der Waals surface area contributed by atoms with E-state index in [1.807, 2.05) is 19.0 Å². The van der Waals surface area contributed by atoms with E-state index in [0.29, 0.717) is 6.42 Å². The molecule has 0 aliphatic heterocycles. The van der Waals surface area contributed by atoms with Gasteiger partial charge in [0.25, 0.3) is 0 Å². The van der Waals surface area contributed by atoms with Crippen molar-refractivity contribution < 1.29 is 12.8 Å². The Morgan fingerprint density at radius 3 is 2.65 bits per heavy atom. The molecule has 0 aliphatic rings. The van der Waals surface area contributed by atoms with Gasteiger partial charge in [0, 0.05) is 6.04 Å². The predicted octanol–water partition coefficient (Wildman–Crippen LogP) is 1.32. The van der Waals surface area contributed by atoms with Gasteiger partial charge in [-0.05, 0) is 46.1 Å². The molecule has 0 radical (unpaired) electrons. The Kier molecular flexibility index (Phi) is 5.62. The van der Waals surface area contributed by atoms with Crippen molar-refractivity contribution >= 4 is 10.0 Å². The lowest BCUT2D eigenvalue weighted by atomic mass is 10.2. The van der Waals surface area contributed by atoms with Crippen LogP contribution in [0.15, 0.2) is 23.1 Å². The minimum Gasteiger partial charge on any atom is -0.309 e. The van der Waals surface area contributed by atoms with E-state index >= 15 is 0 Å². The van der Waals surface area contributed by atoms with Crippen molar-refractivity contribution in [2.75, 3.05) is 20.6 Å². The second-order valence-corrected chi connectivity index (χ2v) is 6.52. The maximum Gasteiger partial charge on any atom is 0.242 e. The molecule has 0 bridgehead atoms. The summed E-state index contributed by atoms with van der Waals surface area (Å²) in [4.78, 5) is 1.62. The highest BCUT2D eigenvalue weighted by atomic mass is 32.2. The highest BCUT2D eigenvalue weighted by Crippen LogP contribution is 2.18. The van der Waals surface area contributed by atoms with Gasteiger partial charge < -0.3 is 4.90 Å². The van der Waals surface area contributed by atoms with Crippen LogP contribution in [0.2, 0.25) is 0 Å². The fourth-order valence-electron chi connectivity index (χ4n) is 1.68. The average molecular weight is 299 g/mol. The second-order valence-electron chi connectivity index (χ2n) is 4.84. The molecule has 0 aliphatic carbocycles. The van der Waals surface area contributed by atoms with E-state index in [0.717, 1.165) is 12.6 Å². The molecule has 1 rings (SSSR count). The molecule has 0 saturated heterocycles. The summed E-state index contributed by atoms with van der Waals surface area (Å²) >= 11 is 0. The first-order valence-corrected chi connectivity index (χ1v) is 7.62. The Morgan fingerprint density at radius 2 is 2.10 bits per heavy atom. The van der Waals surface area contributed by atoms with Crippen LogP contribution in [0.3, 0.4) is 0 Å². The van der Waals surface area contributed by atoms with E-state index in [2.05, 4.69) is 4.72 Å². The first-order chi connectivity index (χ1) is 9.27. The van der Waals surface area contributed by atoms with Crippen molar-refractivity contribution in [3.05, 3.63) is 29.6 Å². The molecule has 0 amide bonds. The molecule has 0 spiro atoms. The molecule has 0 heterocycles. The van der Waals surface area contributed by atoms with Gasteiger partial charge in [0.05, 0.1) is 0 Å². The number of nitrogens with zero attached hydrogens (tertiary/aromatic N) is 2. The van der Waals surface area contributed by atoms with Crippen LogP contribution in [0.4, 0.5) is 4.39 Å². The van der Waals surface area contributed by atoms with Crippen LogP contribution in [-0.2, 0) is 10.0 Å². The van der Waals surface area contributed by atoms with Crippen molar-refractivity contribution in [2.45, 2.75) is 24.3 Å². The molecule has 0 saturated carbocycles. The molecule has 7 heteroatoms. The monoisotopic (exact) mass is 299 g/mol. The Bertz CT molecular complexity index is 609. The van der Waals surface area contributed by atoms with Gasteiger partial charge in [-0.25, -0.2) is 17.5 Å². The normalized spacial score (nSPS) is 13.2. The van der Waals surface area contributed by atoms with Gasteiger partial charge in [-0.1, -0.05) is 6.07 Å². The molecular weight excluding hydrogens is 281 g/mol. The molecule has 110 valence electrons. The lowest BCUT2D eigenvalue weighted by Crippen LogP contribution is -2.35. The maximum absolute atomic E-state index is 13.5. The second kappa shape index (κ2) is 6.79. The first-order valence-electron chi connectivity index (χ1n) is 6.13. The fraction of sp³-hybridized carbons (Fsp3) is 0.462. The number of hydrogen-bond acceptors (Lipinski definition) is 4. The first kappa shape index (κ1) is 16.6. The topological polar surface area (TPSA) is 73.2 Å². The van der Waals surface area contributed by atoms with E-state index in [1.54, 1.807) is 13.0 Å². The van der Waals surface area contributed by atoms with Crippen LogP contribution in [0.25, 0.3) is 0 Å². The van der Waals surface area contributed by atoms with Crippen LogP contribution < -0.4 is 4.72 Å². The third-order valence-corrected chi connectivity index (χ3v) is 4.37. The number of sulfonamides is 1. The van der Waals surface area contributed by atoms with Gasteiger partial charge >= 0.3 is 0 Å². The smallest absolute Gasteiger partial charge is 0.242 e. The maximum atomic E-state index is 13.5. The molecular formula is C13H18FN3O2S. The summed E-state index contributed by atoms with van der Waals surface area (Å²) in [5, 5.41) is 8.88. The summed E-state index contributed by atoms with van der Waals surface area (Å²) in [7, 11) is -0.123. The zero-order valence-corrected chi connectivity index (χ0v) is 12.5. The molecule has 0 fully saturated rings. The zero-order chi connectivity index (χ0) is 15.3. The number of benzene rings is 1. The number of nitriles is 1. The van der Waals surface area contributed by atoms with Crippen LogP contribution in [0.5, 0.6) is 0 Å². The molecule has 0 aromatic heterocycles. The molecule has 1 aromatic rings. The van der Waals surface area contributed by atoms with Crippen molar-refractivity contribution in [1.82, 2.24) is 9.62 Å². The Morgan fingerprint density at radius 1 is 1.45 bits per heavy atom. The summed E-state index contributed by atoms with van der Waals surface area (Å²) in [5.74, 6) is -0.837. The molecule has 20 heavy (non-hydrogen) atoms. The molecule has 1 unspecified atom stereocenters. The predicted molar refractivity (Wildman–Crippen MR) is 74.1 cm³/mol. The van der Waals surface area contributed by atoms with Crippen molar-refractivity contribution in [2.24, 2.45) is 0 Å². The summed E-state index contributed by atoms with van der Waals surface area (Å²) in [5.41, 5.74) is -0.459. The Labute approximate surface area is 119 Å². The van der Waals surface area contributed by atoms with Crippen molar-refractivity contribution in [1.29, 1.82) is 5.26 Å². The lowest BCUT2D eigenvalue weighted by Gasteiger charge is -2.17. The minimum atomic E-state index is -3.90. The number of rotatable bonds is 6. The summed E-state index contributed by atoms with van der Waals surface area (Å²) < 4.78 is 40.3. The number of halogens is 1. The van der Waals surface area contributed by atoms with E-state index in [-0.39, 0.29) is 10.9 Å². The third-order valence-electron chi connectivity index (χ3n) is 2.74. The molecule has 1 atom stereocenters. The van der Waals surface area contributed by atoms with Crippen LogP contribution in [-0.4, -0.2) is 40.0 Å². The van der Waals surface area contributed by atoms with Crippen molar-refractivity contribution in [3.63, 3.8) is 0 Å². The number of nitrogens with one attached hydrogen (secondary N) is 1. The lowest BCUT2D eigenvalue weighted by molar-refractivity contribution is 0.379.